The fourth-order valence-electron chi connectivity index (χ4n) is 2.92. The van der Waals surface area contributed by atoms with Crippen LogP contribution in [0.25, 0.3) is 0 Å². The van der Waals surface area contributed by atoms with E-state index < -0.39 is 5.97 Å². The van der Waals surface area contributed by atoms with Gasteiger partial charge in [-0.15, -0.1) is 0 Å². The van der Waals surface area contributed by atoms with Gasteiger partial charge >= 0.3 is 5.97 Å². The van der Waals surface area contributed by atoms with Crippen LogP contribution in [0.5, 0.6) is 0 Å². The molecule has 0 aliphatic heterocycles. The third-order valence-corrected chi connectivity index (χ3v) is 4.85. The van der Waals surface area contributed by atoms with Gasteiger partial charge in [-0.2, -0.15) is 0 Å². The zero-order valence-electron chi connectivity index (χ0n) is 15.2. The average Bonchev–Trinajstić information content (AvgIpc) is 2.89. The van der Waals surface area contributed by atoms with Crippen molar-refractivity contribution < 1.29 is 19.2 Å². The molecule has 0 aliphatic carbocycles. The Balaban J connectivity index is 2.19. The Morgan fingerprint density at radius 2 is 1.84 bits per heavy atom. The molecule has 0 saturated heterocycles. The molecule has 0 fully saturated rings. The number of halogens is 1. The van der Waals surface area contributed by atoms with Crippen LogP contribution in [0.2, 0.25) is 5.02 Å². The van der Waals surface area contributed by atoms with E-state index in [0.717, 1.165) is 10.5 Å². The topological polar surface area (TPSA) is 63.6 Å². The number of aryl methyl sites for hydroxylation is 1. The molecule has 6 heteroatoms. The molecular weight excluding hydrogens is 340 g/mol. The number of methoxy groups -OCH3 is 1. The molecule has 0 radical (unpaired) electrons. The van der Waals surface area contributed by atoms with Gasteiger partial charge < -0.3 is 14.6 Å². The van der Waals surface area contributed by atoms with Crippen molar-refractivity contribution in [2.75, 3.05) is 14.2 Å². The summed E-state index contributed by atoms with van der Waals surface area (Å²) in [6.45, 7) is 6.13. The fraction of sp³-hybridized carbons (Fsp3) is 0.368. The summed E-state index contributed by atoms with van der Waals surface area (Å²) in [4.78, 5) is 28.9. The monoisotopic (exact) mass is 363 g/mol. The molecule has 0 spiro atoms. The predicted molar refractivity (Wildman–Crippen MR) is 97.4 cm³/mol. The number of hydrogen-bond donors (Lipinski definition) is 2. The van der Waals surface area contributed by atoms with Crippen LogP contribution in [0.3, 0.4) is 0 Å². The molecule has 134 valence electrons. The number of hydrogen-bond acceptors (Lipinski definition) is 3. The van der Waals surface area contributed by atoms with Gasteiger partial charge in [-0.3, -0.25) is 4.79 Å². The van der Waals surface area contributed by atoms with E-state index in [2.05, 4.69) is 4.98 Å². The van der Waals surface area contributed by atoms with Crippen LogP contribution in [0.4, 0.5) is 0 Å². The lowest BCUT2D eigenvalue weighted by Crippen LogP contribution is -3.12. The normalized spacial score (nSPS) is 13.4. The van der Waals surface area contributed by atoms with Crippen molar-refractivity contribution in [3.8, 4) is 0 Å². The van der Waals surface area contributed by atoms with Gasteiger partial charge in [0.25, 0.3) is 0 Å². The first-order chi connectivity index (χ1) is 11.8. The second-order valence-electron chi connectivity index (χ2n) is 6.35. The van der Waals surface area contributed by atoms with Crippen LogP contribution < -0.4 is 4.90 Å². The second kappa shape index (κ2) is 7.85. The zero-order valence-corrected chi connectivity index (χ0v) is 16.0. The van der Waals surface area contributed by atoms with Crippen molar-refractivity contribution in [1.29, 1.82) is 0 Å². The molecule has 1 aromatic carbocycles. The highest BCUT2D eigenvalue weighted by atomic mass is 35.5. The van der Waals surface area contributed by atoms with Crippen molar-refractivity contribution in [2.45, 2.75) is 33.4 Å². The SMILES string of the molecule is COC(=O)c1c(C)[nH]c(C(=O)[C@@H](C)[NH+](C)Cc2ccc(Cl)cc2)c1C. The molecule has 25 heavy (non-hydrogen) atoms. The molecule has 0 bridgehead atoms. The maximum atomic E-state index is 12.9. The molecule has 2 N–H and O–H groups in total. The summed E-state index contributed by atoms with van der Waals surface area (Å²) in [6, 6.07) is 7.35. The Hall–Kier alpha value is -2.11. The van der Waals surface area contributed by atoms with E-state index in [1.165, 1.54) is 7.11 Å². The van der Waals surface area contributed by atoms with Gasteiger partial charge in [0, 0.05) is 16.3 Å². The van der Waals surface area contributed by atoms with Crippen LogP contribution in [-0.2, 0) is 11.3 Å². The number of benzene rings is 1. The molecule has 0 amide bonds. The van der Waals surface area contributed by atoms with Crippen molar-refractivity contribution in [3.05, 3.63) is 57.4 Å². The van der Waals surface area contributed by atoms with E-state index in [1.54, 1.807) is 13.8 Å². The Bertz CT molecular complexity index is 781. The summed E-state index contributed by atoms with van der Waals surface area (Å²) in [7, 11) is 3.31. The van der Waals surface area contributed by atoms with Crippen LogP contribution in [0.15, 0.2) is 24.3 Å². The van der Waals surface area contributed by atoms with E-state index in [0.29, 0.717) is 34.1 Å². The summed E-state index contributed by atoms with van der Waals surface area (Å²) in [5.41, 5.74) is 3.31. The standard InChI is InChI=1S/C19H23ClN2O3/c1-11-16(19(24)25-5)12(2)21-17(11)18(23)13(3)22(4)10-14-6-8-15(20)9-7-14/h6-9,13,21H,10H2,1-5H3/p+1/t13-/m1/s1. The number of H-pyrrole nitrogens is 1. The molecule has 1 heterocycles. The highest BCUT2D eigenvalue weighted by Gasteiger charge is 2.29. The van der Waals surface area contributed by atoms with Crippen LogP contribution in [0, 0.1) is 13.8 Å². The number of aromatic amines is 1. The zero-order chi connectivity index (χ0) is 18.7. The number of Topliss-reactive ketones (excluding diaryl/α,β-unsaturated/α-hetero) is 1. The summed E-state index contributed by atoms with van der Waals surface area (Å²) in [5, 5.41) is 0.693. The number of carbonyl (C=O) groups excluding carboxylic acids is 2. The lowest BCUT2D eigenvalue weighted by Gasteiger charge is -2.20. The summed E-state index contributed by atoms with van der Waals surface area (Å²) in [6.07, 6.45) is 0. The van der Waals surface area contributed by atoms with E-state index in [1.807, 2.05) is 38.2 Å². The minimum atomic E-state index is -0.431. The van der Waals surface area contributed by atoms with Gasteiger partial charge in [-0.25, -0.2) is 4.79 Å². The molecule has 2 aromatic rings. The largest absolute Gasteiger partial charge is 0.465 e. The Kier molecular flexibility index (Phi) is 6.03. The summed E-state index contributed by atoms with van der Waals surface area (Å²) < 4.78 is 4.80. The predicted octanol–water partition coefficient (Wildman–Crippen LogP) is 2.36. The number of ketones is 1. The van der Waals surface area contributed by atoms with Gasteiger partial charge in [0.1, 0.15) is 6.54 Å². The number of esters is 1. The van der Waals surface area contributed by atoms with Gasteiger partial charge in [0.2, 0.25) is 5.78 Å². The quantitative estimate of drug-likeness (QED) is 0.611. The van der Waals surface area contributed by atoms with Crippen molar-refractivity contribution in [1.82, 2.24) is 4.98 Å². The Morgan fingerprint density at radius 3 is 2.40 bits per heavy atom. The maximum absolute atomic E-state index is 12.9. The average molecular weight is 364 g/mol. The lowest BCUT2D eigenvalue weighted by molar-refractivity contribution is -0.907. The minimum absolute atomic E-state index is 0.0257. The van der Waals surface area contributed by atoms with E-state index >= 15 is 0 Å². The molecule has 0 aliphatic rings. The van der Waals surface area contributed by atoms with Gasteiger partial charge in [-0.1, -0.05) is 23.7 Å². The number of likely N-dealkylation sites (N-methyl/N-ethyl adjacent to an activating group) is 1. The van der Waals surface area contributed by atoms with Crippen molar-refractivity contribution >= 4 is 23.4 Å². The van der Waals surface area contributed by atoms with Gasteiger partial charge in [-0.05, 0) is 38.5 Å². The van der Waals surface area contributed by atoms with Crippen LogP contribution in [0.1, 0.15) is 44.6 Å². The van der Waals surface area contributed by atoms with E-state index in [4.69, 9.17) is 16.3 Å². The maximum Gasteiger partial charge on any atom is 0.339 e. The molecular formula is C19H24ClN2O3+. The first-order valence-corrected chi connectivity index (χ1v) is 8.52. The number of ether oxygens (including phenoxy) is 1. The number of quaternary nitrogens is 1. The first kappa shape index (κ1) is 19.2. The van der Waals surface area contributed by atoms with Crippen molar-refractivity contribution in [3.63, 3.8) is 0 Å². The Labute approximate surface area is 152 Å². The molecule has 2 atom stereocenters. The van der Waals surface area contributed by atoms with E-state index in [-0.39, 0.29) is 11.8 Å². The van der Waals surface area contributed by atoms with E-state index in [9.17, 15) is 9.59 Å². The smallest absolute Gasteiger partial charge is 0.339 e. The third kappa shape index (κ3) is 4.11. The highest BCUT2D eigenvalue weighted by Crippen LogP contribution is 2.20. The number of rotatable bonds is 6. The van der Waals surface area contributed by atoms with Crippen molar-refractivity contribution in [2.24, 2.45) is 0 Å². The molecule has 5 nitrogen and oxygen atoms in total. The molecule has 1 aromatic heterocycles. The van der Waals surface area contributed by atoms with Gasteiger partial charge in [0.15, 0.2) is 6.04 Å². The molecule has 0 saturated carbocycles. The Morgan fingerprint density at radius 1 is 1.24 bits per heavy atom. The molecule has 1 unspecified atom stereocenters. The third-order valence-electron chi connectivity index (χ3n) is 4.60. The first-order valence-electron chi connectivity index (χ1n) is 8.14. The minimum Gasteiger partial charge on any atom is -0.465 e. The van der Waals surface area contributed by atoms with Crippen LogP contribution >= 0.6 is 11.6 Å². The van der Waals surface area contributed by atoms with Gasteiger partial charge in [0.05, 0.1) is 25.4 Å². The highest BCUT2D eigenvalue weighted by molar-refractivity contribution is 6.30. The number of nitrogens with one attached hydrogen (secondary N) is 2. The number of carbonyl (C=O) groups is 2. The van der Waals surface area contributed by atoms with Crippen LogP contribution in [-0.4, -0.2) is 36.9 Å². The summed E-state index contributed by atoms with van der Waals surface area (Å²) in [5.74, 6) is -0.456. The second-order valence-corrected chi connectivity index (χ2v) is 6.79. The number of aromatic nitrogens is 1. The summed E-state index contributed by atoms with van der Waals surface area (Å²) >= 11 is 5.91. The molecule has 2 rings (SSSR count). The fourth-order valence-corrected chi connectivity index (χ4v) is 3.05. The lowest BCUT2D eigenvalue weighted by atomic mass is 10.0.